The molecule has 3 unspecified atom stereocenters. The Morgan fingerprint density at radius 3 is 0.899 bits per heavy atom. The summed E-state index contributed by atoms with van der Waals surface area (Å²) in [4.78, 5) is 51.9. The molecule has 0 bridgehead atoms. The van der Waals surface area contributed by atoms with E-state index in [4.69, 9.17) is 28.4 Å². The van der Waals surface area contributed by atoms with Gasteiger partial charge in [-0.2, -0.15) is 0 Å². The first kappa shape index (κ1) is 55.5. The predicted molar refractivity (Wildman–Crippen MR) is 264 cm³/mol. The van der Waals surface area contributed by atoms with Crippen molar-refractivity contribution in [2.75, 3.05) is 19.8 Å². The minimum absolute atomic E-state index is 0.0374. The van der Waals surface area contributed by atoms with E-state index < -0.39 is 36.2 Å². The average molecular weight is 958 g/mol. The Morgan fingerprint density at radius 1 is 0.406 bits per heavy atom. The molecule has 3 N–H and O–H groups in total. The minimum Gasteiger partial charge on any atom is -0.507 e. The predicted octanol–water partition coefficient (Wildman–Crippen LogP) is 11.6. The Hall–Kier alpha value is -6.12. The van der Waals surface area contributed by atoms with Crippen molar-refractivity contribution in [3.63, 3.8) is 0 Å². The summed E-state index contributed by atoms with van der Waals surface area (Å²) >= 11 is 0. The summed E-state index contributed by atoms with van der Waals surface area (Å²) in [5, 5.41) is 34.0. The van der Waals surface area contributed by atoms with Gasteiger partial charge in [0.25, 0.3) is 0 Å². The molecular formula is C54H75N3O12. The van der Waals surface area contributed by atoms with Gasteiger partial charge in [-0.05, 0) is 94.2 Å². The lowest BCUT2D eigenvalue weighted by Crippen LogP contribution is -2.26. The van der Waals surface area contributed by atoms with Crippen LogP contribution in [0.1, 0.15) is 139 Å². The lowest BCUT2D eigenvalue weighted by atomic mass is 10.1. The zero-order chi connectivity index (χ0) is 50.5. The Morgan fingerprint density at radius 2 is 0.667 bits per heavy atom. The summed E-state index contributed by atoms with van der Waals surface area (Å²) in [6, 6.07) is 13.1. The van der Waals surface area contributed by atoms with E-state index in [1.807, 2.05) is 0 Å². The molecule has 0 spiro atoms. The monoisotopic (exact) mass is 958 g/mol. The van der Waals surface area contributed by atoms with Crippen molar-refractivity contribution in [1.82, 2.24) is 15.0 Å². The van der Waals surface area contributed by atoms with Gasteiger partial charge in [-0.15, -0.1) is 0 Å². The number of hydrogen-bond donors (Lipinski definition) is 3. The fourth-order valence-electron chi connectivity index (χ4n) is 7.18. The van der Waals surface area contributed by atoms with Crippen LogP contribution in [0.3, 0.4) is 0 Å². The van der Waals surface area contributed by atoms with Crippen molar-refractivity contribution in [2.45, 2.75) is 158 Å². The van der Waals surface area contributed by atoms with Gasteiger partial charge in [0.1, 0.15) is 34.5 Å². The smallest absolute Gasteiger partial charge is 0.347 e. The number of aromatic hydroxyl groups is 3. The number of rotatable bonds is 30. The van der Waals surface area contributed by atoms with Gasteiger partial charge < -0.3 is 43.7 Å². The molecule has 0 fully saturated rings. The van der Waals surface area contributed by atoms with Gasteiger partial charge >= 0.3 is 17.9 Å². The van der Waals surface area contributed by atoms with Crippen LogP contribution in [-0.4, -0.2) is 86.3 Å². The second kappa shape index (κ2) is 28.4. The second-order valence-electron chi connectivity index (χ2n) is 18.9. The van der Waals surface area contributed by atoms with Crippen LogP contribution in [-0.2, 0) is 28.6 Å². The molecule has 1 heterocycles. The van der Waals surface area contributed by atoms with Crippen LogP contribution < -0.4 is 14.2 Å². The highest BCUT2D eigenvalue weighted by Gasteiger charge is 2.23. The van der Waals surface area contributed by atoms with Crippen LogP contribution in [0.2, 0.25) is 0 Å². The quantitative estimate of drug-likeness (QED) is 0.0252. The first-order chi connectivity index (χ1) is 32.9. The molecule has 3 atom stereocenters. The first-order valence-corrected chi connectivity index (χ1v) is 24.7. The van der Waals surface area contributed by atoms with Gasteiger partial charge in [0.2, 0.25) is 0 Å². The van der Waals surface area contributed by atoms with E-state index in [2.05, 4.69) is 56.5 Å². The van der Waals surface area contributed by atoms with Gasteiger partial charge in [-0.3, -0.25) is 0 Å². The summed E-state index contributed by atoms with van der Waals surface area (Å²) in [5.74, 6) is -0.160. The number of benzene rings is 3. The first-order valence-electron chi connectivity index (χ1n) is 24.7. The van der Waals surface area contributed by atoms with Crippen molar-refractivity contribution < 1.29 is 58.1 Å². The van der Waals surface area contributed by atoms with E-state index in [0.717, 1.165) is 77.0 Å². The number of unbranched alkanes of at least 4 members (excludes halogenated alkanes) is 6. The zero-order valence-electron chi connectivity index (χ0n) is 42.1. The maximum Gasteiger partial charge on any atom is 0.347 e. The normalized spacial score (nSPS) is 12.7. The zero-order valence-corrected chi connectivity index (χ0v) is 42.1. The molecule has 0 aliphatic rings. The van der Waals surface area contributed by atoms with Gasteiger partial charge in [0.15, 0.2) is 35.8 Å². The molecule has 15 nitrogen and oxygen atoms in total. The molecule has 0 aliphatic heterocycles. The summed E-state index contributed by atoms with van der Waals surface area (Å²) < 4.78 is 33.7. The highest BCUT2D eigenvalue weighted by atomic mass is 16.6. The van der Waals surface area contributed by atoms with Crippen molar-refractivity contribution >= 4 is 17.9 Å². The standard InChI is InChI=1S/C54H75N3O12/c1-34(2)19-13-10-16-28-64-52(61)37(7)67-40-22-25-43(46(58)31-40)49-55-50(44-26-23-41(32-47(44)59)68-38(8)53(62)65-29-17-11-14-20-35(3)4)57-51(56-49)45-27-24-42(33-48(45)60)69-39(9)54(63)66-30-18-12-15-21-36(5)6/h22-27,31-39,58-60H,10-21,28-30H2,1-9H3. The van der Waals surface area contributed by atoms with Crippen LogP contribution in [0.25, 0.3) is 34.2 Å². The molecule has 15 heteroatoms. The third-order valence-corrected chi connectivity index (χ3v) is 11.2. The van der Waals surface area contributed by atoms with E-state index in [9.17, 15) is 29.7 Å². The fraction of sp³-hybridized carbons (Fsp3) is 0.556. The second-order valence-corrected chi connectivity index (χ2v) is 18.9. The maximum atomic E-state index is 12.7. The number of phenolic OH excluding ortho intramolecular Hbond substituents is 3. The summed E-state index contributed by atoms with van der Waals surface area (Å²) in [5.41, 5.74) is 0.423. The number of nitrogens with zero attached hydrogens (tertiary/aromatic N) is 3. The number of phenols is 3. The third-order valence-electron chi connectivity index (χ3n) is 11.2. The van der Waals surface area contributed by atoms with Crippen LogP contribution in [0, 0.1) is 17.8 Å². The van der Waals surface area contributed by atoms with Gasteiger partial charge in [0, 0.05) is 18.2 Å². The molecule has 0 saturated carbocycles. The summed E-state index contributed by atoms with van der Waals surface area (Å²) in [6.45, 7) is 18.6. The van der Waals surface area contributed by atoms with Crippen molar-refractivity contribution in [3.8, 4) is 68.7 Å². The lowest BCUT2D eigenvalue weighted by Gasteiger charge is -2.16. The number of aromatic nitrogens is 3. The van der Waals surface area contributed by atoms with Crippen LogP contribution in [0.4, 0.5) is 0 Å². The highest BCUT2D eigenvalue weighted by Crippen LogP contribution is 2.38. The lowest BCUT2D eigenvalue weighted by molar-refractivity contribution is -0.152. The number of ether oxygens (including phenoxy) is 6. The Balaban J connectivity index is 1.56. The molecule has 69 heavy (non-hydrogen) atoms. The molecule has 4 aromatic rings. The molecule has 0 saturated heterocycles. The maximum absolute atomic E-state index is 12.7. The highest BCUT2D eigenvalue weighted by molar-refractivity contribution is 5.77. The molecule has 0 amide bonds. The number of carbonyl (C=O) groups is 3. The van der Waals surface area contributed by atoms with E-state index >= 15 is 0 Å². The molecule has 4 rings (SSSR count). The van der Waals surface area contributed by atoms with E-state index in [-0.39, 0.29) is 88.5 Å². The molecular weight excluding hydrogens is 883 g/mol. The molecule has 0 radical (unpaired) electrons. The van der Waals surface area contributed by atoms with Crippen LogP contribution in [0.15, 0.2) is 54.6 Å². The molecule has 378 valence electrons. The van der Waals surface area contributed by atoms with Gasteiger partial charge in [-0.25, -0.2) is 29.3 Å². The van der Waals surface area contributed by atoms with E-state index in [0.29, 0.717) is 17.8 Å². The van der Waals surface area contributed by atoms with Crippen molar-refractivity contribution in [1.29, 1.82) is 0 Å². The molecule has 0 aliphatic carbocycles. The van der Waals surface area contributed by atoms with Crippen molar-refractivity contribution in [3.05, 3.63) is 54.6 Å². The summed E-state index contributed by atoms with van der Waals surface area (Å²) in [6.07, 6.45) is 8.84. The number of esters is 3. The third kappa shape index (κ3) is 19.1. The SMILES string of the molecule is CC(C)CCCCCOC(=O)C(C)Oc1ccc(-c2nc(-c3ccc(OC(C)C(=O)OCCCCCC(C)C)cc3O)nc(-c3ccc(OC(C)C(=O)OCCCCCC(C)C)cc3O)n2)c(O)c1. The van der Waals surface area contributed by atoms with Gasteiger partial charge in [0.05, 0.1) is 36.5 Å². The Bertz CT molecular complexity index is 1990. The summed E-state index contributed by atoms with van der Waals surface area (Å²) in [7, 11) is 0. The van der Waals surface area contributed by atoms with Crippen LogP contribution in [0.5, 0.6) is 34.5 Å². The molecule has 1 aromatic heterocycles. The Kier molecular flexibility index (Phi) is 22.8. The minimum atomic E-state index is -0.956. The van der Waals surface area contributed by atoms with Gasteiger partial charge in [-0.1, -0.05) is 99.3 Å². The average Bonchev–Trinajstić information content (AvgIpc) is 3.29. The number of hydrogen-bond acceptors (Lipinski definition) is 15. The topological polar surface area (TPSA) is 206 Å². The number of carbonyl (C=O) groups excluding carboxylic acids is 3. The fourth-order valence-corrected chi connectivity index (χ4v) is 7.18. The molecule has 3 aromatic carbocycles. The van der Waals surface area contributed by atoms with E-state index in [1.165, 1.54) is 36.4 Å². The van der Waals surface area contributed by atoms with E-state index in [1.54, 1.807) is 39.0 Å². The van der Waals surface area contributed by atoms with Crippen molar-refractivity contribution in [2.24, 2.45) is 17.8 Å². The Labute approximate surface area is 408 Å². The van der Waals surface area contributed by atoms with Crippen LogP contribution >= 0.6 is 0 Å². The largest absolute Gasteiger partial charge is 0.507 e.